The third-order valence-electron chi connectivity index (χ3n) is 5.37. The Morgan fingerprint density at radius 3 is 2.29 bits per heavy atom. The molecule has 0 fully saturated rings. The summed E-state index contributed by atoms with van der Waals surface area (Å²) in [5.74, 6) is -0.398. The predicted octanol–water partition coefficient (Wildman–Crippen LogP) is 3.36. The van der Waals surface area contributed by atoms with Crippen molar-refractivity contribution in [2.75, 3.05) is 19.6 Å². The molecule has 0 aliphatic carbocycles. The van der Waals surface area contributed by atoms with Crippen LogP contribution in [0.5, 0.6) is 0 Å². The minimum absolute atomic E-state index is 0.197. The van der Waals surface area contributed by atoms with Crippen LogP contribution >= 0.6 is 0 Å². The molecule has 0 radical (unpaired) electrons. The van der Waals surface area contributed by atoms with Gasteiger partial charge in [-0.1, -0.05) is 18.2 Å². The summed E-state index contributed by atoms with van der Waals surface area (Å²) < 4.78 is 0. The number of rotatable bonds is 7. The topological polar surface area (TPSA) is 53.5 Å². The Labute approximate surface area is 166 Å². The van der Waals surface area contributed by atoms with Gasteiger partial charge in [-0.05, 0) is 68.5 Å². The first-order valence-electron chi connectivity index (χ1n) is 9.79. The number of likely N-dealkylation sites (N-methyl/N-ethyl adjacent to an activating group) is 2. The van der Waals surface area contributed by atoms with Crippen molar-refractivity contribution < 1.29 is 9.59 Å². The van der Waals surface area contributed by atoms with Gasteiger partial charge >= 0.3 is 0 Å². The van der Waals surface area contributed by atoms with Crippen LogP contribution in [0.15, 0.2) is 48.4 Å². The van der Waals surface area contributed by atoms with Crippen molar-refractivity contribution in [3.8, 4) is 0 Å². The van der Waals surface area contributed by atoms with Gasteiger partial charge in [-0.2, -0.15) is 0 Å². The van der Waals surface area contributed by atoms with Gasteiger partial charge < -0.3 is 4.90 Å². The Morgan fingerprint density at radius 2 is 1.68 bits per heavy atom. The summed E-state index contributed by atoms with van der Waals surface area (Å²) in [6.07, 6.45) is 4.33. The first-order chi connectivity index (χ1) is 13.5. The number of aryl methyl sites for hydroxylation is 2. The summed E-state index contributed by atoms with van der Waals surface area (Å²) in [7, 11) is 0. The van der Waals surface area contributed by atoms with E-state index in [-0.39, 0.29) is 11.8 Å². The Balaban J connectivity index is 2.01. The molecule has 0 saturated heterocycles. The van der Waals surface area contributed by atoms with Gasteiger partial charge in [0.2, 0.25) is 0 Å². The lowest BCUT2D eigenvalue weighted by Gasteiger charge is -2.24. The van der Waals surface area contributed by atoms with Crippen LogP contribution in [-0.4, -0.2) is 46.2 Å². The largest absolute Gasteiger partial charge is 0.366 e. The first-order valence-corrected chi connectivity index (χ1v) is 9.79. The molecule has 2 amide bonds. The Morgan fingerprint density at radius 1 is 0.964 bits per heavy atom. The zero-order chi connectivity index (χ0) is 20.3. The number of aromatic nitrogens is 1. The molecule has 0 spiro atoms. The minimum atomic E-state index is -0.201. The molecular formula is C23H27N3O2. The Hall–Kier alpha value is -2.95. The number of carbonyl (C=O) groups is 2. The minimum Gasteiger partial charge on any atom is -0.366 e. The highest BCUT2D eigenvalue weighted by atomic mass is 16.2. The molecule has 5 nitrogen and oxygen atoms in total. The van der Waals surface area contributed by atoms with Crippen LogP contribution in [-0.2, 0) is 16.0 Å². The molecule has 0 saturated carbocycles. The highest BCUT2D eigenvalue weighted by Crippen LogP contribution is 2.32. The number of imide groups is 1. The van der Waals surface area contributed by atoms with E-state index in [0.717, 1.165) is 23.1 Å². The summed E-state index contributed by atoms with van der Waals surface area (Å²) in [6.45, 7) is 9.62. The summed E-state index contributed by atoms with van der Waals surface area (Å²) in [5.41, 5.74) is 5.29. The molecule has 1 aliphatic rings. The standard InChI is InChI=1S/C23H27N3O2/c1-5-25(14-11-18-9-12-24-13-10-18)21-20(22(27)26(6-2)23(21)28)19-8-7-16(3)17(4)15-19/h7-10,12-13,15H,5-6,11,14H2,1-4H3. The molecule has 5 heteroatoms. The molecule has 1 aliphatic heterocycles. The van der Waals surface area contributed by atoms with Crippen molar-refractivity contribution in [1.29, 1.82) is 0 Å². The molecule has 1 aromatic heterocycles. The summed E-state index contributed by atoms with van der Waals surface area (Å²) in [5, 5.41) is 0. The Kier molecular flexibility index (Phi) is 5.93. The quantitative estimate of drug-likeness (QED) is 0.695. The molecule has 2 heterocycles. The highest BCUT2D eigenvalue weighted by molar-refractivity contribution is 6.35. The second-order valence-electron chi connectivity index (χ2n) is 7.06. The zero-order valence-electron chi connectivity index (χ0n) is 17.0. The molecule has 1 aromatic carbocycles. The van der Waals surface area contributed by atoms with Crippen LogP contribution in [0.1, 0.15) is 36.1 Å². The fourth-order valence-corrected chi connectivity index (χ4v) is 3.54. The lowest BCUT2D eigenvalue weighted by molar-refractivity contribution is -0.137. The van der Waals surface area contributed by atoms with Crippen LogP contribution in [0, 0.1) is 13.8 Å². The van der Waals surface area contributed by atoms with E-state index in [1.165, 1.54) is 10.5 Å². The normalized spacial score (nSPS) is 14.2. The van der Waals surface area contributed by atoms with Crippen molar-refractivity contribution in [1.82, 2.24) is 14.8 Å². The van der Waals surface area contributed by atoms with E-state index in [4.69, 9.17) is 0 Å². The number of benzene rings is 1. The van der Waals surface area contributed by atoms with Crippen LogP contribution in [0.25, 0.3) is 5.57 Å². The fourth-order valence-electron chi connectivity index (χ4n) is 3.54. The summed E-state index contributed by atoms with van der Waals surface area (Å²) >= 11 is 0. The van der Waals surface area contributed by atoms with E-state index in [9.17, 15) is 9.59 Å². The fraction of sp³-hybridized carbons (Fsp3) is 0.348. The second kappa shape index (κ2) is 8.38. The van der Waals surface area contributed by atoms with Crippen molar-refractivity contribution in [3.05, 3.63) is 70.7 Å². The van der Waals surface area contributed by atoms with E-state index >= 15 is 0 Å². The lowest BCUT2D eigenvalue weighted by Crippen LogP contribution is -2.35. The molecule has 0 N–H and O–H groups in total. The van der Waals surface area contributed by atoms with Crippen molar-refractivity contribution in [2.45, 2.75) is 34.1 Å². The third kappa shape index (κ3) is 3.70. The van der Waals surface area contributed by atoms with Gasteiger partial charge in [0.1, 0.15) is 5.70 Å². The molecule has 0 atom stereocenters. The zero-order valence-corrected chi connectivity index (χ0v) is 17.0. The average molecular weight is 377 g/mol. The maximum Gasteiger partial charge on any atom is 0.277 e. The molecule has 3 rings (SSSR count). The lowest BCUT2D eigenvalue weighted by atomic mass is 9.99. The summed E-state index contributed by atoms with van der Waals surface area (Å²) in [6, 6.07) is 9.91. The third-order valence-corrected chi connectivity index (χ3v) is 5.37. The predicted molar refractivity (Wildman–Crippen MR) is 110 cm³/mol. The van der Waals surface area contributed by atoms with Gasteiger partial charge in [0.15, 0.2) is 0 Å². The van der Waals surface area contributed by atoms with E-state index in [1.807, 2.05) is 62.9 Å². The van der Waals surface area contributed by atoms with Crippen LogP contribution < -0.4 is 0 Å². The number of hydrogen-bond acceptors (Lipinski definition) is 4. The SMILES string of the molecule is CCN(CCc1ccncc1)C1=C(c2ccc(C)c(C)c2)C(=O)N(CC)C1=O. The van der Waals surface area contributed by atoms with E-state index in [0.29, 0.717) is 30.9 Å². The van der Waals surface area contributed by atoms with Gasteiger partial charge in [0, 0.05) is 32.0 Å². The van der Waals surface area contributed by atoms with E-state index in [2.05, 4.69) is 4.98 Å². The highest BCUT2D eigenvalue weighted by Gasteiger charge is 2.40. The summed E-state index contributed by atoms with van der Waals surface area (Å²) in [4.78, 5) is 33.6. The molecule has 0 unspecified atom stereocenters. The van der Waals surface area contributed by atoms with Crippen molar-refractivity contribution >= 4 is 17.4 Å². The molecule has 0 bridgehead atoms. The van der Waals surface area contributed by atoms with Gasteiger partial charge in [-0.25, -0.2) is 0 Å². The van der Waals surface area contributed by atoms with E-state index < -0.39 is 0 Å². The molecule has 146 valence electrons. The Bertz CT molecular complexity index is 919. The molecular weight excluding hydrogens is 350 g/mol. The smallest absolute Gasteiger partial charge is 0.277 e. The van der Waals surface area contributed by atoms with E-state index in [1.54, 1.807) is 12.4 Å². The van der Waals surface area contributed by atoms with Gasteiger partial charge in [-0.15, -0.1) is 0 Å². The average Bonchev–Trinajstić information content (AvgIpc) is 2.95. The van der Waals surface area contributed by atoms with Crippen LogP contribution in [0.3, 0.4) is 0 Å². The number of carbonyl (C=O) groups excluding carboxylic acids is 2. The maximum atomic E-state index is 13.1. The van der Waals surface area contributed by atoms with Gasteiger partial charge in [0.25, 0.3) is 11.8 Å². The number of amides is 2. The number of pyridine rings is 1. The maximum absolute atomic E-state index is 13.1. The molecule has 28 heavy (non-hydrogen) atoms. The van der Waals surface area contributed by atoms with Crippen LogP contribution in [0.2, 0.25) is 0 Å². The second-order valence-corrected chi connectivity index (χ2v) is 7.06. The van der Waals surface area contributed by atoms with Gasteiger partial charge in [0.05, 0.1) is 5.57 Å². The monoisotopic (exact) mass is 377 g/mol. The first kappa shape index (κ1) is 19.8. The van der Waals surface area contributed by atoms with Crippen molar-refractivity contribution in [2.24, 2.45) is 0 Å². The molecule has 2 aromatic rings. The number of nitrogens with zero attached hydrogens (tertiary/aromatic N) is 3. The van der Waals surface area contributed by atoms with Gasteiger partial charge in [-0.3, -0.25) is 19.5 Å². The van der Waals surface area contributed by atoms with Crippen LogP contribution in [0.4, 0.5) is 0 Å². The van der Waals surface area contributed by atoms with Crippen molar-refractivity contribution in [3.63, 3.8) is 0 Å². The number of hydrogen-bond donors (Lipinski definition) is 0.